The molecule has 114 valence electrons. The topological polar surface area (TPSA) is 9.23 Å². The molecule has 0 aromatic heterocycles. The maximum Gasteiger partial charge on any atom is 0.0721 e. The third-order valence-corrected chi connectivity index (χ3v) is 3.44. The van der Waals surface area contributed by atoms with Crippen LogP contribution in [0.5, 0.6) is 0 Å². The number of allylic oxidation sites excluding steroid dienone is 2. The lowest BCUT2D eigenvalue weighted by atomic mass is 10.0. The molecule has 0 atom stereocenters. The fourth-order valence-corrected chi connectivity index (χ4v) is 2.25. The first kappa shape index (κ1) is 16.3. The molecule has 1 heteroatoms. The normalized spacial score (nSPS) is 11.5. The summed E-state index contributed by atoms with van der Waals surface area (Å²) < 4.78 is 5.62. The van der Waals surface area contributed by atoms with Gasteiger partial charge in [0.1, 0.15) is 0 Å². The predicted molar refractivity (Wildman–Crippen MR) is 95.7 cm³/mol. The van der Waals surface area contributed by atoms with E-state index >= 15 is 0 Å². The SMILES string of the molecule is CC=Cc1ccc(-c2ccc(COCC=CCC)cc2)cc1. The Kier molecular flexibility index (Phi) is 6.66. The van der Waals surface area contributed by atoms with Crippen LogP contribution >= 0.6 is 0 Å². The zero-order valence-electron chi connectivity index (χ0n) is 13.5. The zero-order chi connectivity index (χ0) is 15.6. The smallest absolute Gasteiger partial charge is 0.0721 e. The summed E-state index contributed by atoms with van der Waals surface area (Å²) in [6.45, 7) is 5.50. The third-order valence-electron chi connectivity index (χ3n) is 3.44. The van der Waals surface area contributed by atoms with Gasteiger partial charge in [0, 0.05) is 0 Å². The molecule has 0 saturated heterocycles. The van der Waals surface area contributed by atoms with Crippen molar-refractivity contribution in [2.24, 2.45) is 0 Å². The summed E-state index contributed by atoms with van der Waals surface area (Å²) in [6.07, 6.45) is 9.42. The van der Waals surface area contributed by atoms with E-state index in [4.69, 9.17) is 4.74 Å². The van der Waals surface area contributed by atoms with E-state index < -0.39 is 0 Å². The van der Waals surface area contributed by atoms with Gasteiger partial charge >= 0.3 is 0 Å². The molecule has 2 rings (SSSR count). The Morgan fingerprint density at radius 1 is 0.864 bits per heavy atom. The first-order valence-corrected chi connectivity index (χ1v) is 7.88. The van der Waals surface area contributed by atoms with Crippen molar-refractivity contribution in [3.8, 4) is 11.1 Å². The van der Waals surface area contributed by atoms with Crippen LogP contribution in [0.3, 0.4) is 0 Å². The number of rotatable bonds is 7. The van der Waals surface area contributed by atoms with Gasteiger partial charge in [0.2, 0.25) is 0 Å². The Hall–Kier alpha value is -2.12. The molecule has 2 aromatic rings. The van der Waals surface area contributed by atoms with Gasteiger partial charge in [0.15, 0.2) is 0 Å². The monoisotopic (exact) mass is 292 g/mol. The van der Waals surface area contributed by atoms with Crippen molar-refractivity contribution in [3.63, 3.8) is 0 Å². The molecular formula is C21H24O. The molecule has 0 aliphatic carbocycles. The van der Waals surface area contributed by atoms with Crippen LogP contribution in [0.1, 0.15) is 31.4 Å². The molecule has 22 heavy (non-hydrogen) atoms. The molecule has 0 aliphatic rings. The van der Waals surface area contributed by atoms with Gasteiger partial charge in [-0.15, -0.1) is 0 Å². The third kappa shape index (κ3) is 5.01. The molecule has 0 bridgehead atoms. The Balaban J connectivity index is 1.94. The molecular weight excluding hydrogens is 268 g/mol. The van der Waals surface area contributed by atoms with Gasteiger partial charge in [-0.1, -0.05) is 79.8 Å². The summed E-state index contributed by atoms with van der Waals surface area (Å²) in [5.74, 6) is 0. The van der Waals surface area contributed by atoms with E-state index in [1.807, 2.05) is 6.92 Å². The second-order valence-electron chi connectivity index (χ2n) is 5.21. The van der Waals surface area contributed by atoms with Gasteiger partial charge in [0.25, 0.3) is 0 Å². The molecule has 0 amide bonds. The highest BCUT2D eigenvalue weighted by atomic mass is 16.5. The molecule has 1 nitrogen and oxygen atoms in total. The van der Waals surface area contributed by atoms with E-state index in [0.717, 1.165) is 6.42 Å². The van der Waals surface area contributed by atoms with Crippen LogP contribution < -0.4 is 0 Å². The van der Waals surface area contributed by atoms with Crippen LogP contribution in [-0.2, 0) is 11.3 Å². The molecule has 0 heterocycles. The lowest BCUT2D eigenvalue weighted by Gasteiger charge is -2.05. The Labute approximate surface area is 134 Å². The molecule has 0 saturated carbocycles. The van der Waals surface area contributed by atoms with Crippen LogP contribution in [0.25, 0.3) is 17.2 Å². The van der Waals surface area contributed by atoms with E-state index in [1.54, 1.807) is 0 Å². The fourth-order valence-electron chi connectivity index (χ4n) is 2.25. The summed E-state index contributed by atoms with van der Waals surface area (Å²) in [7, 11) is 0. The Morgan fingerprint density at radius 2 is 1.50 bits per heavy atom. The number of hydrogen-bond donors (Lipinski definition) is 0. The average molecular weight is 292 g/mol. The lowest BCUT2D eigenvalue weighted by Crippen LogP contribution is -1.92. The van der Waals surface area contributed by atoms with Crippen molar-refractivity contribution in [1.82, 2.24) is 0 Å². The van der Waals surface area contributed by atoms with E-state index in [-0.39, 0.29) is 0 Å². The summed E-state index contributed by atoms with van der Waals surface area (Å²) in [6, 6.07) is 17.2. The van der Waals surface area contributed by atoms with Crippen molar-refractivity contribution >= 4 is 6.08 Å². The van der Waals surface area contributed by atoms with Crippen LogP contribution in [0.15, 0.2) is 66.8 Å². The maximum atomic E-state index is 5.62. The van der Waals surface area contributed by atoms with E-state index in [0.29, 0.717) is 13.2 Å². The first-order valence-electron chi connectivity index (χ1n) is 7.88. The number of ether oxygens (including phenoxy) is 1. The van der Waals surface area contributed by atoms with Gasteiger partial charge in [-0.05, 0) is 35.6 Å². The second kappa shape index (κ2) is 9.01. The van der Waals surface area contributed by atoms with Crippen LogP contribution in [0.2, 0.25) is 0 Å². The quantitative estimate of drug-likeness (QED) is 0.458. The van der Waals surface area contributed by atoms with Crippen molar-refractivity contribution in [1.29, 1.82) is 0 Å². The highest BCUT2D eigenvalue weighted by molar-refractivity contribution is 5.65. The minimum absolute atomic E-state index is 0.661. The number of hydrogen-bond acceptors (Lipinski definition) is 1. The summed E-state index contributed by atoms with van der Waals surface area (Å²) in [4.78, 5) is 0. The minimum Gasteiger partial charge on any atom is -0.373 e. The van der Waals surface area contributed by atoms with Gasteiger partial charge in [-0.2, -0.15) is 0 Å². The molecule has 0 radical (unpaired) electrons. The first-order chi connectivity index (χ1) is 10.8. The summed E-state index contributed by atoms with van der Waals surface area (Å²) in [5, 5.41) is 0. The van der Waals surface area contributed by atoms with Crippen molar-refractivity contribution in [3.05, 3.63) is 77.9 Å². The van der Waals surface area contributed by atoms with Gasteiger partial charge in [0.05, 0.1) is 13.2 Å². The maximum absolute atomic E-state index is 5.62. The van der Waals surface area contributed by atoms with Crippen LogP contribution in [-0.4, -0.2) is 6.61 Å². The molecule has 0 aliphatic heterocycles. The largest absolute Gasteiger partial charge is 0.373 e. The van der Waals surface area contributed by atoms with Crippen LogP contribution in [0, 0.1) is 0 Å². The standard InChI is InChI=1S/C21H24O/c1-3-5-6-16-22-17-19-10-14-21(15-11-19)20-12-8-18(7-4-2)9-13-20/h4-15H,3,16-17H2,1-2H3. The minimum atomic E-state index is 0.661. The van der Waals surface area contributed by atoms with E-state index in [2.05, 4.69) is 79.8 Å². The van der Waals surface area contributed by atoms with Crippen molar-refractivity contribution in [2.75, 3.05) is 6.61 Å². The molecule has 0 unspecified atom stereocenters. The van der Waals surface area contributed by atoms with Gasteiger partial charge < -0.3 is 4.74 Å². The molecule has 0 N–H and O–H groups in total. The van der Waals surface area contributed by atoms with Crippen molar-refractivity contribution < 1.29 is 4.74 Å². The highest BCUT2D eigenvalue weighted by Crippen LogP contribution is 2.21. The van der Waals surface area contributed by atoms with Gasteiger partial charge in [-0.3, -0.25) is 0 Å². The zero-order valence-corrected chi connectivity index (χ0v) is 13.5. The van der Waals surface area contributed by atoms with E-state index in [9.17, 15) is 0 Å². The summed E-state index contributed by atoms with van der Waals surface area (Å²) in [5.41, 5.74) is 4.92. The van der Waals surface area contributed by atoms with Crippen LogP contribution in [0.4, 0.5) is 0 Å². The average Bonchev–Trinajstić information content (AvgIpc) is 2.56. The second-order valence-corrected chi connectivity index (χ2v) is 5.21. The molecule has 0 fully saturated rings. The number of benzene rings is 2. The molecule has 2 aromatic carbocycles. The molecule has 0 spiro atoms. The highest BCUT2D eigenvalue weighted by Gasteiger charge is 1.98. The fraction of sp³-hybridized carbons (Fsp3) is 0.238. The van der Waals surface area contributed by atoms with E-state index in [1.165, 1.54) is 22.3 Å². The Morgan fingerprint density at radius 3 is 2.09 bits per heavy atom. The Bertz CT molecular complexity index is 603. The lowest BCUT2D eigenvalue weighted by molar-refractivity contribution is 0.148. The van der Waals surface area contributed by atoms with Gasteiger partial charge in [-0.25, -0.2) is 0 Å². The summed E-state index contributed by atoms with van der Waals surface area (Å²) >= 11 is 0. The van der Waals surface area contributed by atoms with Crippen molar-refractivity contribution in [2.45, 2.75) is 26.9 Å². The predicted octanol–water partition coefficient (Wildman–Crippen LogP) is 5.87.